The molecule has 2 saturated heterocycles. The Morgan fingerprint density at radius 3 is 2.80 bits per heavy atom. The zero-order valence-electron chi connectivity index (χ0n) is 14.1. The summed E-state index contributed by atoms with van der Waals surface area (Å²) in [5.41, 5.74) is 0. The van der Waals surface area contributed by atoms with Crippen LogP contribution < -0.4 is 10.6 Å². The number of nitrogens with zero attached hydrogens (tertiary/aromatic N) is 1. The molecule has 1 aromatic rings. The fraction of sp³-hybridized carbons (Fsp3) is 0.667. The number of amides is 1. The van der Waals surface area contributed by atoms with Crippen LogP contribution in [0.4, 0.5) is 0 Å². The first kappa shape index (κ1) is 20.6. The summed E-state index contributed by atoms with van der Waals surface area (Å²) < 4.78 is 32.2. The molecule has 3 heterocycles. The second-order valence-corrected chi connectivity index (χ2v) is 9.00. The predicted octanol–water partition coefficient (Wildman–Crippen LogP) is 0.919. The Hall–Kier alpha value is -0.710. The highest BCUT2D eigenvalue weighted by Gasteiger charge is 2.32. The van der Waals surface area contributed by atoms with Gasteiger partial charge in [-0.2, -0.15) is 4.31 Å². The number of thiophene rings is 1. The van der Waals surface area contributed by atoms with Gasteiger partial charge < -0.3 is 15.4 Å². The first-order chi connectivity index (χ1) is 11.5. The monoisotopic (exact) mass is 409 g/mol. The Balaban J connectivity index is 0.00000225. The average molecular weight is 410 g/mol. The van der Waals surface area contributed by atoms with Crippen molar-refractivity contribution in [2.45, 2.75) is 24.3 Å². The van der Waals surface area contributed by atoms with E-state index in [1.165, 1.54) is 21.7 Å². The molecule has 2 aliphatic heterocycles. The molecule has 0 radical (unpaired) electrons. The van der Waals surface area contributed by atoms with E-state index in [0.29, 0.717) is 32.2 Å². The molecular weight excluding hydrogens is 386 g/mol. The minimum absolute atomic E-state index is 0. The number of ether oxygens (including phenoxy) is 1. The summed E-state index contributed by atoms with van der Waals surface area (Å²) in [5.74, 6) is 0.0255. The summed E-state index contributed by atoms with van der Waals surface area (Å²) in [5, 5.41) is 7.96. The van der Waals surface area contributed by atoms with E-state index in [2.05, 4.69) is 17.6 Å². The molecule has 25 heavy (non-hydrogen) atoms. The van der Waals surface area contributed by atoms with Crippen molar-refractivity contribution in [1.29, 1.82) is 0 Å². The molecule has 2 unspecified atom stereocenters. The van der Waals surface area contributed by atoms with Gasteiger partial charge in [0.25, 0.3) is 5.91 Å². The van der Waals surface area contributed by atoms with Crippen molar-refractivity contribution >= 4 is 39.7 Å². The molecule has 142 valence electrons. The van der Waals surface area contributed by atoms with Gasteiger partial charge in [0.15, 0.2) is 0 Å². The van der Waals surface area contributed by atoms with Crippen molar-refractivity contribution in [3.8, 4) is 0 Å². The molecule has 0 bridgehead atoms. The molecule has 0 aliphatic carbocycles. The predicted molar refractivity (Wildman–Crippen MR) is 99.0 cm³/mol. The van der Waals surface area contributed by atoms with Crippen molar-refractivity contribution in [3.63, 3.8) is 0 Å². The Morgan fingerprint density at radius 2 is 2.12 bits per heavy atom. The largest absolute Gasteiger partial charge is 0.379 e. The van der Waals surface area contributed by atoms with Crippen LogP contribution >= 0.6 is 23.7 Å². The summed E-state index contributed by atoms with van der Waals surface area (Å²) in [7, 11) is -3.66. The van der Waals surface area contributed by atoms with E-state index in [9.17, 15) is 13.2 Å². The summed E-state index contributed by atoms with van der Waals surface area (Å²) >= 11 is 1.17. The van der Waals surface area contributed by atoms with Crippen molar-refractivity contribution in [2.24, 2.45) is 5.92 Å². The Kier molecular flexibility index (Phi) is 7.24. The van der Waals surface area contributed by atoms with E-state index in [1.54, 1.807) is 5.38 Å². The summed E-state index contributed by atoms with van der Waals surface area (Å²) in [6.45, 7) is 5.22. The molecule has 0 saturated carbocycles. The lowest BCUT2D eigenvalue weighted by molar-refractivity contribution is 0.0730. The minimum Gasteiger partial charge on any atom is -0.379 e. The number of morpholine rings is 1. The molecule has 2 fully saturated rings. The van der Waals surface area contributed by atoms with Crippen LogP contribution in [0.15, 0.2) is 16.3 Å². The van der Waals surface area contributed by atoms with Gasteiger partial charge in [0.1, 0.15) is 9.77 Å². The molecule has 0 aromatic carbocycles. The smallest absolute Gasteiger partial charge is 0.262 e. The van der Waals surface area contributed by atoms with Crippen molar-refractivity contribution in [1.82, 2.24) is 14.9 Å². The van der Waals surface area contributed by atoms with Gasteiger partial charge in [0.05, 0.1) is 13.2 Å². The van der Waals surface area contributed by atoms with Crippen LogP contribution in [0.25, 0.3) is 0 Å². The van der Waals surface area contributed by atoms with E-state index in [4.69, 9.17) is 4.74 Å². The van der Waals surface area contributed by atoms with Crippen molar-refractivity contribution in [2.75, 3.05) is 39.4 Å². The van der Waals surface area contributed by atoms with Gasteiger partial charge in [-0.25, -0.2) is 8.42 Å². The fourth-order valence-electron chi connectivity index (χ4n) is 3.05. The number of carbonyl (C=O) groups excluding carboxylic acids is 1. The molecule has 1 aromatic heterocycles. The highest BCUT2D eigenvalue weighted by molar-refractivity contribution is 7.89. The van der Waals surface area contributed by atoms with Gasteiger partial charge >= 0.3 is 0 Å². The Bertz CT molecular complexity index is 689. The highest BCUT2D eigenvalue weighted by Crippen LogP contribution is 2.26. The van der Waals surface area contributed by atoms with Gasteiger partial charge in [0.2, 0.25) is 10.0 Å². The maximum Gasteiger partial charge on any atom is 0.262 e. The molecule has 1 amide bonds. The number of sulfonamides is 1. The molecular formula is C15H24ClN3O4S2. The van der Waals surface area contributed by atoms with Crippen LogP contribution in [0.1, 0.15) is 23.0 Å². The number of carbonyl (C=O) groups is 1. The minimum atomic E-state index is -3.66. The Morgan fingerprint density at radius 1 is 1.40 bits per heavy atom. The molecule has 0 spiro atoms. The van der Waals surface area contributed by atoms with Gasteiger partial charge in [0, 0.05) is 19.1 Å². The third kappa shape index (κ3) is 4.53. The van der Waals surface area contributed by atoms with Crippen LogP contribution in [-0.4, -0.2) is 64.1 Å². The quantitative estimate of drug-likeness (QED) is 0.772. The normalized spacial score (nSPS) is 25.2. The zero-order chi connectivity index (χ0) is 17.2. The van der Waals surface area contributed by atoms with Crippen LogP contribution in [0, 0.1) is 5.92 Å². The molecule has 7 nitrogen and oxygen atoms in total. The topological polar surface area (TPSA) is 87.7 Å². The number of nitrogens with one attached hydrogen (secondary N) is 2. The molecule has 2 atom stereocenters. The van der Waals surface area contributed by atoms with Crippen LogP contribution in [-0.2, 0) is 14.8 Å². The summed E-state index contributed by atoms with van der Waals surface area (Å²) in [4.78, 5) is 13.0. The standard InChI is InChI=1S/C15H23N3O4S2.ClH/c1-11-10-16-4-2-12(11)17-15(19)14-13(3-9-23-14)24(20,21)18-5-7-22-8-6-18;/h3,9,11-12,16H,2,4-8,10H2,1H3,(H,17,19);1H. The van der Waals surface area contributed by atoms with Gasteiger partial charge in [-0.3, -0.25) is 4.79 Å². The third-order valence-electron chi connectivity index (χ3n) is 4.53. The van der Waals surface area contributed by atoms with E-state index < -0.39 is 10.0 Å². The van der Waals surface area contributed by atoms with Crippen LogP contribution in [0.2, 0.25) is 0 Å². The number of rotatable bonds is 4. The second-order valence-electron chi connectivity index (χ2n) is 6.18. The van der Waals surface area contributed by atoms with E-state index in [1.807, 2.05) is 0 Å². The maximum atomic E-state index is 12.8. The van der Waals surface area contributed by atoms with Crippen LogP contribution in [0.3, 0.4) is 0 Å². The second kappa shape index (κ2) is 8.79. The lowest BCUT2D eigenvalue weighted by Gasteiger charge is -2.30. The first-order valence-electron chi connectivity index (χ1n) is 8.17. The molecule has 2 aliphatic rings. The summed E-state index contributed by atoms with van der Waals surface area (Å²) in [6, 6.07) is 1.59. The average Bonchev–Trinajstić information content (AvgIpc) is 3.08. The van der Waals surface area contributed by atoms with E-state index in [-0.39, 0.29) is 34.1 Å². The molecule has 10 heteroatoms. The van der Waals surface area contributed by atoms with E-state index in [0.717, 1.165) is 19.5 Å². The lowest BCUT2D eigenvalue weighted by atomic mass is 9.95. The Labute approximate surface area is 158 Å². The summed E-state index contributed by atoms with van der Waals surface area (Å²) in [6.07, 6.45) is 0.851. The number of hydrogen-bond acceptors (Lipinski definition) is 6. The van der Waals surface area contributed by atoms with Crippen molar-refractivity contribution in [3.05, 3.63) is 16.3 Å². The van der Waals surface area contributed by atoms with Gasteiger partial charge in [-0.15, -0.1) is 23.7 Å². The zero-order valence-corrected chi connectivity index (χ0v) is 16.5. The SMILES string of the molecule is CC1CNCCC1NC(=O)c1sccc1S(=O)(=O)N1CCOCC1.Cl. The lowest BCUT2D eigenvalue weighted by Crippen LogP contribution is -2.48. The van der Waals surface area contributed by atoms with E-state index >= 15 is 0 Å². The number of piperidine rings is 1. The van der Waals surface area contributed by atoms with Gasteiger partial charge in [-0.05, 0) is 36.9 Å². The number of halogens is 1. The van der Waals surface area contributed by atoms with Crippen LogP contribution in [0.5, 0.6) is 0 Å². The molecule has 2 N–H and O–H groups in total. The first-order valence-corrected chi connectivity index (χ1v) is 10.5. The number of hydrogen-bond donors (Lipinski definition) is 2. The van der Waals surface area contributed by atoms with Gasteiger partial charge in [-0.1, -0.05) is 6.92 Å². The van der Waals surface area contributed by atoms with Crippen molar-refractivity contribution < 1.29 is 17.9 Å². The molecule has 3 rings (SSSR count). The fourth-order valence-corrected chi connectivity index (χ4v) is 5.77. The third-order valence-corrected chi connectivity index (χ3v) is 7.51. The maximum absolute atomic E-state index is 12.8. The highest BCUT2D eigenvalue weighted by atomic mass is 35.5.